The highest BCUT2D eigenvalue weighted by molar-refractivity contribution is 7.98. The summed E-state index contributed by atoms with van der Waals surface area (Å²) < 4.78 is 0. The summed E-state index contributed by atoms with van der Waals surface area (Å²) in [4.78, 5) is 21.5. The zero-order chi connectivity index (χ0) is 12.8. The van der Waals surface area contributed by atoms with Gasteiger partial charge in [0.05, 0.1) is 6.54 Å². The van der Waals surface area contributed by atoms with Crippen molar-refractivity contribution in [2.24, 2.45) is 0 Å². The molecule has 1 aromatic heterocycles. The predicted molar refractivity (Wildman–Crippen MR) is 70.5 cm³/mol. The molecule has 0 saturated heterocycles. The summed E-state index contributed by atoms with van der Waals surface area (Å²) in [6, 6.07) is 1.77. The third-order valence-electron chi connectivity index (χ3n) is 2.06. The van der Waals surface area contributed by atoms with Gasteiger partial charge in [-0.1, -0.05) is 11.8 Å². The number of anilines is 2. The van der Waals surface area contributed by atoms with Gasteiger partial charge in [0.25, 0.3) is 0 Å². The summed E-state index contributed by atoms with van der Waals surface area (Å²) in [5, 5.41) is 6.60. The predicted octanol–water partition coefficient (Wildman–Crippen LogP) is 0.740. The Morgan fingerprint density at radius 2 is 2.06 bits per heavy atom. The quantitative estimate of drug-likeness (QED) is 0.597. The van der Waals surface area contributed by atoms with Crippen molar-refractivity contribution in [2.75, 3.05) is 44.6 Å². The van der Waals surface area contributed by atoms with E-state index in [1.54, 1.807) is 27.2 Å². The Hall–Kier alpha value is -1.50. The van der Waals surface area contributed by atoms with E-state index in [0.717, 1.165) is 5.82 Å². The Morgan fingerprint density at radius 3 is 2.59 bits per heavy atom. The average molecular weight is 255 g/mol. The van der Waals surface area contributed by atoms with Crippen LogP contribution in [0, 0.1) is 0 Å². The van der Waals surface area contributed by atoms with E-state index in [0.29, 0.717) is 11.0 Å². The lowest BCUT2D eigenvalue weighted by atomic mass is 10.5. The third kappa shape index (κ3) is 4.10. The van der Waals surface area contributed by atoms with Crippen LogP contribution in [0.25, 0.3) is 0 Å². The molecule has 2 N–H and O–H groups in total. The van der Waals surface area contributed by atoms with E-state index in [1.807, 2.05) is 6.26 Å². The van der Waals surface area contributed by atoms with Crippen LogP contribution in [0.5, 0.6) is 0 Å². The topological polar surface area (TPSA) is 70.2 Å². The fourth-order valence-electron chi connectivity index (χ4n) is 1.06. The third-order valence-corrected chi connectivity index (χ3v) is 2.61. The number of carbonyl (C=O) groups excluding carboxylic acids is 1. The summed E-state index contributed by atoms with van der Waals surface area (Å²) in [6.45, 7) is 0.223. The Kier molecular flexibility index (Phi) is 5.02. The van der Waals surface area contributed by atoms with Gasteiger partial charge in [0.1, 0.15) is 11.6 Å². The van der Waals surface area contributed by atoms with E-state index < -0.39 is 0 Å². The smallest absolute Gasteiger partial charge is 0.241 e. The lowest BCUT2D eigenvalue weighted by molar-refractivity contribution is -0.126. The van der Waals surface area contributed by atoms with Crippen molar-refractivity contribution < 1.29 is 4.79 Å². The van der Waals surface area contributed by atoms with Gasteiger partial charge in [0.2, 0.25) is 5.91 Å². The molecule has 0 bridgehead atoms. The molecule has 0 fully saturated rings. The van der Waals surface area contributed by atoms with Gasteiger partial charge in [-0.2, -0.15) is 0 Å². The van der Waals surface area contributed by atoms with Gasteiger partial charge in [-0.05, 0) is 6.26 Å². The lowest BCUT2D eigenvalue weighted by Crippen LogP contribution is -2.28. The van der Waals surface area contributed by atoms with Crippen LogP contribution in [0.1, 0.15) is 0 Å². The number of aromatic nitrogens is 2. The van der Waals surface area contributed by atoms with Crippen molar-refractivity contribution in [1.29, 1.82) is 0 Å². The number of nitrogens with zero attached hydrogens (tertiary/aromatic N) is 3. The van der Waals surface area contributed by atoms with Crippen LogP contribution in [0.2, 0.25) is 0 Å². The molecule has 0 saturated carbocycles. The molecule has 1 rings (SSSR count). The van der Waals surface area contributed by atoms with Gasteiger partial charge in [0, 0.05) is 27.2 Å². The van der Waals surface area contributed by atoms with Crippen LogP contribution in [-0.2, 0) is 4.79 Å². The number of nitrogens with one attached hydrogen (secondary N) is 2. The van der Waals surface area contributed by atoms with Crippen molar-refractivity contribution in [2.45, 2.75) is 5.16 Å². The Balaban J connectivity index is 2.73. The first-order valence-corrected chi connectivity index (χ1v) is 6.34. The van der Waals surface area contributed by atoms with Gasteiger partial charge >= 0.3 is 0 Å². The van der Waals surface area contributed by atoms with Gasteiger partial charge < -0.3 is 15.5 Å². The van der Waals surface area contributed by atoms with E-state index in [9.17, 15) is 4.79 Å². The molecule has 0 aliphatic carbocycles. The Morgan fingerprint density at radius 1 is 1.41 bits per heavy atom. The van der Waals surface area contributed by atoms with Crippen molar-refractivity contribution in [3.63, 3.8) is 0 Å². The number of thioether (sulfide) groups is 1. The molecule has 0 aliphatic heterocycles. The van der Waals surface area contributed by atoms with Crippen molar-refractivity contribution >= 4 is 29.3 Å². The van der Waals surface area contributed by atoms with Gasteiger partial charge in [-0.25, -0.2) is 9.97 Å². The molecule has 94 valence electrons. The summed E-state index contributed by atoms with van der Waals surface area (Å²) in [6.07, 6.45) is 1.91. The highest BCUT2D eigenvalue weighted by Gasteiger charge is 2.06. The van der Waals surface area contributed by atoms with E-state index >= 15 is 0 Å². The summed E-state index contributed by atoms with van der Waals surface area (Å²) in [5.74, 6) is 1.37. The van der Waals surface area contributed by atoms with Crippen LogP contribution >= 0.6 is 11.8 Å². The minimum Gasteiger partial charge on any atom is -0.373 e. The molecule has 0 aromatic carbocycles. The molecule has 7 heteroatoms. The maximum absolute atomic E-state index is 11.4. The van der Waals surface area contributed by atoms with Crippen molar-refractivity contribution in [1.82, 2.24) is 14.9 Å². The molecule has 1 heterocycles. The van der Waals surface area contributed by atoms with Crippen LogP contribution in [0.3, 0.4) is 0 Å². The molecule has 17 heavy (non-hydrogen) atoms. The van der Waals surface area contributed by atoms with Crippen molar-refractivity contribution in [3.8, 4) is 0 Å². The zero-order valence-electron chi connectivity index (χ0n) is 10.4. The summed E-state index contributed by atoms with van der Waals surface area (Å²) in [7, 11) is 5.23. The first-order valence-electron chi connectivity index (χ1n) is 5.11. The second-order valence-corrected chi connectivity index (χ2v) is 4.29. The Bertz CT molecular complexity index is 374. The first-order chi connectivity index (χ1) is 8.06. The molecule has 1 aromatic rings. The van der Waals surface area contributed by atoms with Crippen LogP contribution in [-0.4, -0.2) is 54.7 Å². The number of carbonyl (C=O) groups is 1. The highest BCUT2D eigenvalue weighted by atomic mass is 32.2. The van der Waals surface area contributed by atoms with E-state index in [2.05, 4.69) is 20.6 Å². The molecule has 0 radical (unpaired) electrons. The van der Waals surface area contributed by atoms with Crippen LogP contribution < -0.4 is 10.6 Å². The maximum atomic E-state index is 11.4. The van der Waals surface area contributed by atoms with E-state index in [-0.39, 0.29) is 12.5 Å². The van der Waals surface area contributed by atoms with E-state index in [1.165, 1.54) is 16.7 Å². The average Bonchev–Trinajstić information content (AvgIpc) is 2.35. The number of hydrogen-bond donors (Lipinski definition) is 2. The fourth-order valence-corrected chi connectivity index (χ4v) is 1.44. The molecule has 0 aliphatic rings. The van der Waals surface area contributed by atoms with Gasteiger partial charge in [-0.15, -0.1) is 0 Å². The zero-order valence-corrected chi connectivity index (χ0v) is 11.3. The monoisotopic (exact) mass is 255 g/mol. The second-order valence-electron chi connectivity index (χ2n) is 3.52. The highest BCUT2D eigenvalue weighted by Crippen LogP contribution is 2.16. The minimum atomic E-state index is 0.000298. The van der Waals surface area contributed by atoms with Gasteiger partial charge in [0.15, 0.2) is 5.16 Å². The molecule has 6 nitrogen and oxygen atoms in total. The number of likely N-dealkylation sites (N-methyl/N-ethyl adjacent to an activating group) is 1. The SMILES string of the molecule is CNc1cc(NCC(=O)N(C)C)nc(SC)n1. The largest absolute Gasteiger partial charge is 0.373 e. The Labute approximate surface area is 105 Å². The summed E-state index contributed by atoms with van der Waals surface area (Å²) in [5.41, 5.74) is 0. The first kappa shape index (κ1) is 13.6. The van der Waals surface area contributed by atoms with Gasteiger partial charge in [-0.3, -0.25) is 4.79 Å². The lowest BCUT2D eigenvalue weighted by Gasteiger charge is -2.12. The number of hydrogen-bond acceptors (Lipinski definition) is 6. The van der Waals surface area contributed by atoms with E-state index in [4.69, 9.17) is 0 Å². The fraction of sp³-hybridized carbons (Fsp3) is 0.500. The molecular weight excluding hydrogens is 238 g/mol. The minimum absolute atomic E-state index is 0.000298. The number of rotatable bonds is 5. The molecule has 1 amide bonds. The summed E-state index contributed by atoms with van der Waals surface area (Å²) >= 11 is 1.46. The second kappa shape index (κ2) is 6.29. The number of amides is 1. The maximum Gasteiger partial charge on any atom is 0.241 e. The van der Waals surface area contributed by atoms with Crippen molar-refractivity contribution in [3.05, 3.63) is 6.07 Å². The standard InChI is InChI=1S/C10H17N5OS/c1-11-7-5-8(14-10(13-7)17-4)12-6-9(16)15(2)3/h5H,6H2,1-4H3,(H2,11,12,13,14). The molecule has 0 atom stereocenters. The van der Waals surface area contributed by atoms with Crippen LogP contribution in [0.4, 0.5) is 11.6 Å². The normalized spacial score (nSPS) is 9.88. The molecular formula is C10H17N5OS. The molecule has 0 unspecified atom stereocenters. The molecule has 0 spiro atoms. The van der Waals surface area contributed by atoms with Crippen LogP contribution in [0.15, 0.2) is 11.2 Å².